The van der Waals surface area contributed by atoms with E-state index in [1.165, 1.54) is 11.1 Å². The highest BCUT2D eigenvalue weighted by Gasteiger charge is 2.26. The molecule has 31 heavy (non-hydrogen) atoms. The van der Waals surface area contributed by atoms with Crippen molar-refractivity contribution in [3.05, 3.63) is 63.7 Å². The van der Waals surface area contributed by atoms with E-state index < -0.39 is 0 Å². The van der Waals surface area contributed by atoms with Crippen molar-refractivity contribution in [2.24, 2.45) is 5.92 Å². The molecule has 2 aromatic rings. The number of halogens is 1. The Kier molecular flexibility index (Phi) is 8.01. The van der Waals surface area contributed by atoms with Gasteiger partial charge in [-0.2, -0.15) is 0 Å². The number of rotatable bonds is 7. The second-order valence-electron chi connectivity index (χ2n) is 9.02. The molecule has 5 heteroatoms. The molecule has 0 aliphatic carbocycles. The zero-order chi connectivity index (χ0) is 22.5. The van der Waals surface area contributed by atoms with E-state index in [4.69, 9.17) is 16.3 Å². The summed E-state index contributed by atoms with van der Waals surface area (Å²) in [4.78, 5) is 15.4. The van der Waals surface area contributed by atoms with E-state index in [1.807, 2.05) is 18.2 Å². The highest BCUT2D eigenvalue weighted by atomic mass is 35.5. The SMILES string of the molecule is COc1cc(C)c([C@@H](C)NC(=O)C2CCN(Cc3cccc(Cl)c3)CC2)cc1C(C)C. The summed E-state index contributed by atoms with van der Waals surface area (Å²) in [6.07, 6.45) is 1.77. The van der Waals surface area contributed by atoms with Crippen LogP contribution in [0.3, 0.4) is 0 Å². The fraction of sp³-hybridized carbons (Fsp3) is 0.500. The van der Waals surface area contributed by atoms with Gasteiger partial charge in [0.2, 0.25) is 5.91 Å². The summed E-state index contributed by atoms with van der Waals surface area (Å²) in [6.45, 7) is 11.2. The minimum absolute atomic E-state index is 0.0274. The number of carbonyl (C=O) groups excluding carboxylic acids is 1. The van der Waals surface area contributed by atoms with Crippen LogP contribution < -0.4 is 10.1 Å². The maximum atomic E-state index is 13.0. The number of likely N-dealkylation sites (tertiary alicyclic amines) is 1. The molecule has 1 fully saturated rings. The quantitative estimate of drug-likeness (QED) is 0.583. The van der Waals surface area contributed by atoms with Crippen molar-refractivity contribution < 1.29 is 9.53 Å². The summed E-state index contributed by atoms with van der Waals surface area (Å²) in [5.74, 6) is 1.51. The molecule has 168 valence electrons. The Bertz CT molecular complexity index is 904. The molecule has 1 atom stereocenters. The van der Waals surface area contributed by atoms with Gasteiger partial charge in [-0.15, -0.1) is 0 Å². The number of nitrogens with one attached hydrogen (secondary N) is 1. The Morgan fingerprint density at radius 3 is 2.48 bits per heavy atom. The molecule has 3 rings (SSSR count). The molecule has 0 bridgehead atoms. The van der Waals surface area contributed by atoms with Gasteiger partial charge in [0.1, 0.15) is 5.75 Å². The Morgan fingerprint density at radius 1 is 1.16 bits per heavy atom. The molecule has 0 unspecified atom stereocenters. The van der Waals surface area contributed by atoms with Crippen LogP contribution in [0.4, 0.5) is 0 Å². The molecular formula is C26H35ClN2O2. The summed E-state index contributed by atoms with van der Waals surface area (Å²) in [5.41, 5.74) is 4.71. The maximum Gasteiger partial charge on any atom is 0.223 e. The largest absolute Gasteiger partial charge is 0.496 e. The Labute approximate surface area is 191 Å². The van der Waals surface area contributed by atoms with Gasteiger partial charge in [-0.1, -0.05) is 37.6 Å². The van der Waals surface area contributed by atoms with Crippen molar-refractivity contribution in [3.8, 4) is 5.75 Å². The summed E-state index contributed by atoms with van der Waals surface area (Å²) in [5, 5.41) is 4.04. The van der Waals surface area contributed by atoms with Crippen molar-refractivity contribution in [2.75, 3.05) is 20.2 Å². The average molecular weight is 443 g/mol. The maximum absolute atomic E-state index is 13.0. The minimum atomic E-state index is -0.0274. The number of amides is 1. The third-order valence-electron chi connectivity index (χ3n) is 6.32. The highest BCUT2D eigenvalue weighted by molar-refractivity contribution is 6.30. The van der Waals surface area contributed by atoms with E-state index in [0.717, 1.165) is 54.4 Å². The lowest BCUT2D eigenvalue weighted by Gasteiger charge is -2.32. The number of hydrogen-bond donors (Lipinski definition) is 1. The number of carbonyl (C=O) groups is 1. The normalized spacial score (nSPS) is 16.4. The van der Waals surface area contributed by atoms with Crippen LogP contribution in [0.15, 0.2) is 36.4 Å². The van der Waals surface area contributed by atoms with Gasteiger partial charge in [0, 0.05) is 17.5 Å². The number of aryl methyl sites for hydroxylation is 1. The lowest BCUT2D eigenvalue weighted by molar-refractivity contribution is -0.127. The van der Waals surface area contributed by atoms with E-state index in [2.05, 4.69) is 56.1 Å². The van der Waals surface area contributed by atoms with Gasteiger partial charge in [-0.05, 0) is 92.2 Å². The number of nitrogens with zero attached hydrogens (tertiary/aromatic N) is 1. The van der Waals surface area contributed by atoms with E-state index in [-0.39, 0.29) is 17.9 Å². The first-order valence-corrected chi connectivity index (χ1v) is 11.6. The molecule has 1 aliphatic rings. The van der Waals surface area contributed by atoms with Crippen LogP contribution >= 0.6 is 11.6 Å². The fourth-order valence-electron chi connectivity index (χ4n) is 4.47. The molecule has 1 amide bonds. The van der Waals surface area contributed by atoms with Crippen LogP contribution in [0.5, 0.6) is 5.75 Å². The van der Waals surface area contributed by atoms with Gasteiger partial charge in [-0.25, -0.2) is 0 Å². The van der Waals surface area contributed by atoms with Gasteiger partial charge >= 0.3 is 0 Å². The second kappa shape index (κ2) is 10.5. The summed E-state index contributed by atoms with van der Waals surface area (Å²) >= 11 is 6.10. The molecule has 0 spiro atoms. The summed E-state index contributed by atoms with van der Waals surface area (Å²) in [7, 11) is 1.71. The molecule has 4 nitrogen and oxygen atoms in total. The molecule has 0 radical (unpaired) electrons. The first-order chi connectivity index (χ1) is 14.8. The smallest absolute Gasteiger partial charge is 0.223 e. The molecule has 1 heterocycles. The van der Waals surface area contributed by atoms with Crippen molar-refractivity contribution >= 4 is 17.5 Å². The van der Waals surface area contributed by atoms with Gasteiger partial charge < -0.3 is 10.1 Å². The van der Waals surface area contributed by atoms with Crippen LogP contribution in [-0.2, 0) is 11.3 Å². The summed E-state index contributed by atoms with van der Waals surface area (Å²) < 4.78 is 5.56. The zero-order valence-corrected chi connectivity index (χ0v) is 20.1. The van der Waals surface area contributed by atoms with Crippen LogP contribution in [0.1, 0.15) is 67.8 Å². The third-order valence-corrected chi connectivity index (χ3v) is 6.55. The van der Waals surface area contributed by atoms with E-state index in [1.54, 1.807) is 7.11 Å². The Hall–Kier alpha value is -2.04. The number of ether oxygens (including phenoxy) is 1. The predicted octanol–water partition coefficient (Wildman–Crippen LogP) is 5.87. The van der Waals surface area contributed by atoms with E-state index in [0.29, 0.717) is 5.92 Å². The highest BCUT2D eigenvalue weighted by Crippen LogP contribution is 2.32. The zero-order valence-electron chi connectivity index (χ0n) is 19.4. The number of hydrogen-bond acceptors (Lipinski definition) is 3. The lowest BCUT2D eigenvalue weighted by atomic mass is 9.92. The second-order valence-corrected chi connectivity index (χ2v) is 9.45. The predicted molar refractivity (Wildman–Crippen MR) is 128 cm³/mol. The van der Waals surface area contributed by atoms with Crippen molar-refractivity contribution in [1.82, 2.24) is 10.2 Å². The van der Waals surface area contributed by atoms with Crippen molar-refractivity contribution in [3.63, 3.8) is 0 Å². The fourth-order valence-corrected chi connectivity index (χ4v) is 4.68. The number of benzene rings is 2. The van der Waals surface area contributed by atoms with Gasteiger partial charge in [0.05, 0.1) is 13.2 Å². The molecule has 1 aliphatic heterocycles. The Balaban J connectivity index is 1.58. The first kappa shape index (κ1) is 23.6. The molecule has 1 N–H and O–H groups in total. The standard InChI is InChI=1S/C26H35ClN2O2/c1-17(2)23-15-24(18(3)13-25(23)31-5)19(4)28-26(30)21-9-11-29(12-10-21)16-20-7-6-8-22(27)14-20/h6-8,13-15,17,19,21H,9-12,16H2,1-5H3,(H,28,30)/t19-/m1/s1. The molecule has 0 aromatic heterocycles. The molecule has 1 saturated heterocycles. The lowest BCUT2D eigenvalue weighted by Crippen LogP contribution is -2.41. The number of piperidine rings is 1. The van der Waals surface area contributed by atoms with Gasteiger partial charge in [0.25, 0.3) is 0 Å². The third kappa shape index (κ3) is 6.02. The first-order valence-electron chi connectivity index (χ1n) is 11.2. The van der Waals surface area contributed by atoms with Crippen LogP contribution in [-0.4, -0.2) is 31.0 Å². The monoisotopic (exact) mass is 442 g/mol. The van der Waals surface area contributed by atoms with E-state index in [9.17, 15) is 4.79 Å². The summed E-state index contributed by atoms with van der Waals surface area (Å²) in [6, 6.07) is 12.3. The van der Waals surface area contributed by atoms with Crippen molar-refractivity contribution in [2.45, 2.75) is 59.0 Å². The average Bonchev–Trinajstić information content (AvgIpc) is 2.73. The van der Waals surface area contributed by atoms with Gasteiger partial charge in [-0.3, -0.25) is 9.69 Å². The Morgan fingerprint density at radius 2 is 1.87 bits per heavy atom. The van der Waals surface area contributed by atoms with Crippen LogP contribution in [0.2, 0.25) is 5.02 Å². The van der Waals surface area contributed by atoms with Crippen molar-refractivity contribution in [1.29, 1.82) is 0 Å². The molecular weight excluding hydrogens is 408 g/mol. The molecule has 0 saturated carbocycles. The minimum Gasteiger partial charge on any atom is -0.496 e. The van der Waals surface area contributed by atoms with Crippen LogP contribution in [0.25, 0.3) is 0 Å². The number of methoxy groups -OCH3 is 1. The van der Waals surface area contributed by atoms with Crippen LogP contribution in [0, 0.1) is 12.8 Å². The topological polar surface area (TPSA) is 41.6 Å². The molecule has 2 aromatic carbocycles. The van der Waals surface area contributed by atoms with E-state index >= 15 is 0 Å². The van der Waals surface area contributed by atoms with Gasteiger partial charge in [0.15, 0.2) is 0 Å².